The van der Waals surface area contributed by atoms with Crippen LogP contribution in [-0.2, 0) is 22.0 Å². The summed E-state index contributed by atoms with van der Waals surface area (Å²) in [6.45, 7) is 8.47. The van der Waals surface area contributed by atoms with E-state index in [0.717, 1.165) is 27.4 Å². The van der Waals surface area contributed by atoms with E-state index in [2.05, 4.69) is 48.4 Å². The lowest BCUT2D eigenvalue weighted by atomic mass is 9.87. The number of methoxy groups -OCH3 is 1. The lowest BCUT2D eigenvalue weighted by Crippen LogP contribution is -2.16. The van der Waals surface area contributed by atoms with Crippen molar-refractivity contribution in [3.63, 3.8) is 0 Å². The second kappa shape index (κ2) is 10.9. The van der Waals surface area contributed by atoms with Crippen LogP contribution in [-0.4, -0.2) is 39.5 Å². The molecule has 192 valence electrons. The number of ether oxygens (including phenoxy) is 1. The molecule has 0 bridgehead atoms. The predicted octanol–water partition coefficient (Wildman–Crippen LogP) is 6.33. The van der Waals surface area contributed by atoms with Gasteiger partial charge in [0.15, 0.2) is 11.0 Å². The van der Waals surface area contributed by atoms with Crippen molar-refractivity contribution in [2.24, 2.45) is 7.05 Å². The highest BCUT2D eigenvalue weighted by atomic mass is 32.2. The van der Waals surface area contributed by atoms with Crippen molar-refractivity contribution < 1.29 is 14.3 Å². The van der Waals surface area contributed by atoms with Gasteiger partial charge in [-0.1, -0.05) is 87.1 Å². The lowest BCUT2D eigenvalue weighted by Gasteiger charge is -2.19. The van der Waals surface area contributed by atoms with E-state index in [1.165, 1.54) is 35.8 Å². The number of anilines is 1. The Labute approximate surface area is 225 Å². The number of amides is 1. The van der Waals surface area contributed by atoms with E-state index >= 15 is 0 Å². The highest BCUT2D eigenvalue weighted by Gasteiger charge is 2.25. The lowest BCUT2D eigenvalue weighted by molar-refractivity contribution is -0.113. The van der Waals surface area contributed by atoms with Crippen LogP contribution in [0.4, 0.5) is 5.00 Å². The van der Waals surface area contributed by atoms with E-state index < -0.39 is 5.97 Å². The number of aromatic nitrogens is 3. The Kier molecular flexibility index (Phi) is 7.85. The second-order valence-electron chi connectivity index (χ2n) is 9.62. The summed E-state index contributed by atoms with van der Waals surface area (Å²) in [5, 5.41) is 12.6. The summed E-state index contributed by atoms with van der Waals surface area (Å²) in [4.78, 5) is 26.5. The molecule has 2 aromatic heterocycles. The molecule has 0 aliphatic carbocycles. The minimum atomic E-state index is -0.485. The number of nitrogens with zero attached hydrogens (tertiary/aromatic N) is 3. The molecule has 4 aromatic rings. The number of benzene rings is 2. The Morgan fingerprint density at radius 1 is 1.03 bits per heavy atom. The minimum absolute atomic E-state index is 0.0729. The van der Waals surface area contributed by atoms with Crippen LogP contribution in [0.25, 0.3) is 22.5 Å². The second-order valence-corrected chi connectivity index (χ2v) is 11.8. The average Bonchev–Trinajstić information content (AvgIpc) is 3.41. The number of carbonyl (C=O) groups excluding carboxylic acids is 2. The number of thiophene rings is 1. The normalized spacial score (nSPS) is 11.4. The quantitative estimate of drug-likeness (QED) is 0.220. The molecular weight excluding hydrogens is 504 g/mol. The van der Waals surface area contributed by atoms with Crippen molar-refractivity contribution in [1.29, 1.82) is 0 Å². The molecule has 0 fully saturated rings. The molecule has 0 aliphatic rings. The third-order valence-corrected chi connectivity index (χ3v) is 8.01. The van der Waals surface area contributed by atoms with Gasteiger partial charge in [-0.3, -0.25) is 4.79 Å². The van der Waals surface area contributed by atoms with Gasteiger partial charge in [0.1, 0.15) is 10.6 Å². The third-order valence-electron chi connectivity index (χ3n) is 5.97. The molecule has 0 spiro atoms. The first-order chi connectivity index (χ1) is 17.6. The van der Waals surface area contributed by atoms with Crippen molar-refractivity contribution in [2.45, 2.75) is 38.3 Å². The summed E-state index contributed by atoms with van der Waals surface area (Å²) < 4.78 is 6.92. The van der Waals surface area contributed by atoms with Crippen molar-refractivity contribution in [2.75, 3.05) is 18.2 Å². The van der Waals surface area contributed by atoms with Gasteiger partial charge < -0.3 is 14.6 Å². The zero-order valence-corrected chi connectivity index (χ0v) is 23.4. The molecule has 37 heavy (non-hydrogen) atoms. The van der Waals surface area contributed by atoms with Gasteiger partial charge in [-0.15, -0.1) is 21.5 Å². The largest absolute Gasteiger partial charge is 0.465 e. The van der Waals surface area contributed by atoms with Crippen molar-refractivity contribution >= 4 is 40.0 Å². The first kappa shape index (κ1) is 26.6. The predicted molar refractivity (Wildman–Crippen MR) is 150 cm³/mol. The molecule has 7 nitrogen and oxygen atoms in total. The SMILES string of the molecule is COC(=O)c1c(NC(=O)CSc2nnc(-c3ccc(C(C)(C)C)cc3)n2C)sc(C)c1-c1ccccc1. The standard InChI is InChI=1S/C28H30N4O3S2/c1-17-22(18-10-8-7-9-11-18)23(26(34)35-6)25(37-17)29-21(33)16-36-27-31-30-24(32(27)5)19-12-14-20(15-13-19)28(2,3)4/h7-15H,16H2,1-6H3,(H,29,33). The number of aryl methyl sites for hydroxylation is 1. The average molecular weight is 535 g/mol. The number of thioether (sulfide) groups is 1. The van der Waals surface area contributed by atoms with Gasteiger partial charge >= 0.3 is 5.97 Å². The van der Waals surface area contributed by atoms with E-state index in [1.807, 2.05) is 61.0 Å². The Morgan fingerprint density at radius 2 is 1.70 bits per heavy atom. The fraction of sp³-hybridized carbons (Fsp3) is 0.286. The molecule has 1 N–H and O–H groups in total. The van der Waals surface area contributed by atoms with Crippen molar-refractivity contribution in [3.8, 4) is 22.5 Å². The summed E-state index contributed by atoms with van der Waals surface area (Å²) in [5.41, 5.74) is 4.32. The van der Waals surface area contributed by atoms with E-state index in [9.17, 15) is 9.59 Å². The molecule has 0 aliphatic heterocycles. The summed E-state index contributed by atoms with van der Waals surface area (Å²) >= 11 is 2.65. The summed E-state index contributed by atoms with van der Waals surface area (Å²) in [6.07, 6.45) is 0. The van der Waals surface area contributed by atoms with E-state index in [-0.39, 0.29) is 17.1 Å². The molecule has 4 rings (SSSR count). The number of hydrogen-bond acceptors (Lipinski definition) is 7. The molecular formula is C28H30N4O3S2. The molecule has 2 aromatic carbocycles. The Balaban J connectivity index is 1.49. The van der Waals surface area contributed by atoms with Crippen LogP contribution < -0.4 is 5.32 Å². The van der Waals surface area contributed by atoms with Crippen LogP contribution in [0.1, 0.15) is 41.6 Å². The van der Waals surface area contributed by atoms with Gasteiger partial charge in [-0.25, -0.2) is 4.79 Å². The highest BCUT2D eigenvalue weighted by molar-refractivity contribution is 7.99. The van der Waals surface area contributed by atoms with Crippen LogP contribution in [0.5, 0.6) is 0 Å². The summed E-state index contributed by atoms with van der Waals surface area (Å²) in [6, 6.07) is 17.9. The molecule has 9 heteroatoms. The number of carbonyl (C=O) groups is 2. The number of rotatable bonds is 7. The van der Waals surface area contributed by atoms with Crippen LogP contribution in [0.2, 0.25) is 0 Å². The third kappa shape index (κ3) is 5.78. The van der Waals surface area contributed by atoms with Crippen molar-refractivity contribution in [3.05, 3.63) is 70.6 Å². The maximum Gasteiger partial charge on any atom is 0.341 e. The minimum Gasteiger partial charge on any atom is -0.465 e. The monoisotopic (exact) mass is 534 g/mol. The van der Waals surface area contributed by atoms with E-state index in [4.69, 9.17) is 4.74 Å². The number of nitrogens with one attached hydrogen (secondary N) is 1. The highest BCUT2D eigenvalue weighted by Crippen LogP contribution is 2.40. The van der Waals surface area contributed by atoms with Crippen molar-refractivity contribution in [1.82, 2.24) is 14.8 Å². The first-order valence-corrected chi connectivity index (χ1v) is 13.6. The molecule has 0 saturated carbocycles. The van der Waals surface area contributed by atoms with Gasteiger partial charge in [-0.2, -0.15) is 0 Å². The Morgan fingerprint density at radius 3 is 2.32 bits per heavy atom. The maximum absolute atomic E-state index is 12.9. The first-order valence-electron chi connectivity index (χ1n) is 11.8. The molecule has 2 heterocycles. The van der Waals surface area contributed by atoms with E-state index in [0.29, 0.717) is 15.7 Å². The van der Waals surface area contributed by atoms with Gasteiger partial charge in [0.2, 0.25) is 5.91 Å². The molecule has 0 saturated heterocycles. The molecule has 0 atom stereocenters. The van der Waals surface area contributed by atoms with Gasteiger partial charge in [0, 0.05) is 23.1 Å². The van der Waals surface area contributed by atoms with Crippen LogP contribution in [0.3, 0.4) is 0 Å². The maximum atomic E-state index is 12.9. The zero-order valence-electron chi connectivity index (χ0n) is 21.8. The van der Waals surface area contributed by atoms with E-state index in [1.54, 1.807) is 0 Å². The van der Waals surface area contributed by atoms with Gasteiger partial charge in [-0.05, 0) is 23.5 Å². The topological polar surface area (TPSA) is 86.1 Å². The summed E-state index contributed by atoms with van der Waals surface area (Å²) in [7, 11) is 3.23. The van der Waals surface area contributed by atoms with Crippen LogP contribution in [0.15, 0.2) is 59.8 Å². The molecule has 0 radical (unpaired) electrons. The van der Waals surface area contributed by atoms with Crippen LogP contribution in [0, 0.1) is 6.92 Å². The molecule has 0 unspecified atom stereocenters. The molecule has 1 amide bonds. The fourth-order valence-electron chi connectivity index (χ4n) is 3.99. The fourth-order valence-corrected chi connectivity index (χ4v) is 5.78. The number of hydrogen-bond donors (Lipinski definition) is 1. The summed E-state index contributed by atoms with van der Waals surface area (Å²) in [5.74, 6) is 0.127. The smallest absolute Gasteiger partial charge is 0.341 e. The Bertz CT molecular complexity index is 1420. The zero-order chi connectivity index (χ0) is 26.7. The van der Waals surface area contributed by atoms with Crippen LogP contribution >= 0.6 is 23.1 Å². The van der Waals surface area contributed by atoms with Gasteiger partial charge in [0.05, 0.1) is 12.9 Å². The number of esters is 1. The Hall–Kier alpha value is -3.43. The van der Waals surface area contributed by atoms with Gasteiger partial charge in [0.25, 0.3) is 0 Å².